The van der Waals surface area contributed by atoms with Crippen LogP contribution in [0.1, 0.15) is 23.6 Å². The van der Waals surface area contributed by atoms with Crippen LogP contribution in [0.15, 0.2) is 53.5 Å². The molecular weight excluding hydrogens is 383 g/mol. The number of hydrogen-bond donors (Lipinski definition) is 1. The Morgan fingerprint density at radius 1 is 1.14 bits per heavy atom. The highest BCUT2D eigenvalue weighted by atomic mass is 19.4. The van der Waals surface area contributed by atoms with E-state index in [1.54, 1.807) is 6.07 Å². The van der Waals surface area contributed by atoms with Gasteiger partial charge in [-0.15, -0.1) is 0 Å². The maximum Gasteiger partial charge on any atom is 0.416 e. The fraction of sp³-hybridized carbons (Fsp3) is 0.316. The van der Waals surface area contributed by atoms with Gasteiger partial charge in [-0.3, -0.25) is 0 Å². The molecule has 2 N–H and O–H groups in total. The summed E-state index contributed by atoms with van der Waals surface area (Å²) in [7, 11) is 0. The third-order valence-corrected chi connectivity index (χ3v) is 4.53. The Kier molecular flexibility index (Phi) is 4.95. The van der Waals surface area contributed by atoms with Gasteiger partial charge in [-0.25, -0.2) is 4.99 Å². The van der Waals surface area contributed by atoms with Gasteiger partial charge in [-0.05, 0) is 42.3 Å². The van der Waals surface area contributed by atoms with Crippen LogP contribution in [0.25, 0.3) is 0 Å². The van der Waals surface area contributed by atoms with Gasteiger partial charge in [0.15, 0.2) is 12.1 Å². The lowest BCUT2D eigenvalue weighted by atomic mass is 9.85. The Labute approximate surface area is 157 Å². The molecule has 1 aliphatic rings. The van der Waals surface area contributed by atoms with Crippen molar-refractivity contribution >= 4 is 6.02 Å². The number of halogens is 5. The summed E-state index contributed by atoms with van der Waals surface area (Å²) in [6.07, 6.45) is -4.42. The molecule has 9 heteroatoms. The number of benzene rings is 2. The lowest BCUT2D eigenvalue weighted by Gasteiger charge is -2.37. The summed E-state index contributed by atoms with van der Waals surface area (Å²) in [5.74, 6) is -3.02. The van der Waals surface area contributed by atoms with Crippen molar-refractivity contribution in [3.8, 4) is 5.75 Å². The third kappa shape index (κ3) is 3.88. The molecule has 150 valence electrons. The minimum absolute atomic E-state index is 0.0246. The molecule has 0 bridgehead atoms. The van der Waals surface area contributed by atoms with E-state index in [0.717, 1.165) is 12.1 Å². The van der Waals surface area contributed by atoms with Crippen LogP contribution >= 0.6 is 0 Å². The Balaban J connectivity index is 1.78. The summed E-state index contributed by atoms with van der Waals surface area (Å²) in [5.41, 5.74) is 3.46. The molecule has 0 fully saturated rings. The van der Waals surface area contributed by atoms with Crippen LogP contribution in [-0.4, -0.2) is 18.6 Å². The van der Waals surface area contributed by atoms with E-state index in [9.17, 15) is 22.0 Å². The SMILES string of the molecule is CC1(c2cccc(OCc3ccc(C(F)(F)F)cc3)c2)N=C(N)OCC1(F)F. The molecule has 1 aliphatic heterocycles. The van der Waals surface area contributed by atoms with E-state index in [1.807, 2.05) is 0 Å². The molecule has 1 atom stereocenters. The first-order valence-electron chi connectivity index (χ1n) is 8.27. The quantitative estimate of drug-likeness (QED) is 0.770. The van der Waals surface area contributed by atoms with Gasteiger partial charge in [0.25, 0.3) is 6.02 Å². The molecule has 0 amide bonds. The Bertz CT molecular complexity index is 881. The van der Waals surface area contributed by atoms with Crippen molar-refractivity contribution in [2.45, 2.75) is 31.2 Å². The standard InChI is InChI=1S/C19H17F5N2O2/c1-17(18(20,21)11-28-16(25)26-17)14-3-2-4-15(9-14)27-10-12-5-7-13(8-6-12)19(22,23)24/h2-9H,10-11H2,1H3,(H2,25,26). The van der Waals surface area contributed by atoms with Crippen LogP contribution in [0, 0.1) is 0 Å². The van der Waals surface area contributed by atoms with Gasteiger partial charge in [0.05, 0.1) is 5.56 Å². The first-order chi connectivity index (χ1) is 13.0. The molecule has 3 rings (SSSR count). The predicted molar refractivity (Wildman–Crippen MR) is 92.1 cm³/mol. The van der Waals surface area contributed by atoms with E-state index in [4.69, 9.17) is 10.5 Å². The van der Waals surface area contributed by atoms with Gasteiger partial charge in [-0.1, -0.05) is 24.3 Å². The maximum atomic E-state index is 14.4. The van der Waals surface area contributed by atoms with Crippen molar-refractivity contribution in [2.24, 2.45) is 10.7 Å². The summed E-state index contributed by atoms with van der Waals surface area (Å²) in [4.78, 5) is 3.79. The molecule has 0 aliphatic carbocycles. The molecule has 0 spiro atoms. The number of ether oxygens (including phenoxy) is 2. The number of amidine groups is 1. The van der Waals surface area contributed by atoms with Gasteiger partial charge >= 0.3 is 12.1 Å². The molecule has 0 radical (unpaired) electrons. The molecule has 1 heterocycles. The Morgan fingerprint density at radius 2 is 1.82 bits per heavy atom. The molecule has 0 saturated carbocycles. The van der Waals surface area contributed by atoms with Gasteiger partial charge < -0.3 is 15.2 Å². The summed E-state index contributed by atoms with van der Waals surface area (Å²) in [5, 5.41) is 0. The largest absolute Gasteiger partial charge is 0.489 e. The molecular formula is C19H17F5N2O2. The van der Waals surface area contributed by atoms with Crippen LogP contribution in [-0.2, 0) is 23.1 Å². The van der Waals surface area contributed by atoms with E-state index >= 15 is 0 Å². The number of nitrogens with two attached hydrogens (primary N) is 1. The number of aliphatic imine (C=N–C) groups is 1. The lowest BCUT2D eigenvalue weighted by molar-refractivity contribution is -0.137. The van der Waals surface area contributed by atoms with Crippen LogP contribution in [0.4, 0.5) is 22.0 Å². The minimum Gasteiger partial charge on any atom is -0.489 e. The smallest absolute Gasteiger partial charge is 0.416 e. The first-order valence-corrected chi connectivity index (χ1v) is 8.27. The lowest BCUT2D eigenvalue weighted by Crippen LogP contribution is -2.50. The molecule has 2 aromatic carbocycles. The molecule has 2 aromatic rings. The maximum absolute atomic E-state index is 14.4. The van der Waals surface area contributed by atoms with Crippen LogP contribution in [0.5, 0.6) is 5.75 Å². The van der Waals surface area contributed by atoms with Crippen molar-refractivity contribution in [2.75, 3.05) is 6.61 Å². The second-order valence-corrected chi connectivity index (χ2v) is 6.53. The molecule has 4 nitrogen and oxygen atoms in total. The van der Waals surface area contributed by atoms with Gasteiger partial charge in [0, 0.05) is 0 Å². The zero-order valence-corrected chi connectivity index (χ0v) is 14.8. The second kappa shape index (κ2) is 6.96. The van der Waals surface area contributed by atoms with Crippen molar-refractivity contribution in [3.05, 3.63) is 65.2 Å². The summed E-state index contributed by atoms with van der Waals surface area (Å²) < 4.78 is 76.8. The van der Waals surface area contributed by atoms with Gasteiger partial charge in [-0.2, -0.15) is 22.0 Å². The Hall–Kier alpha value is -2.84. The van der Waals surface area contributed by atoms with E-state index in [-0.39, 0.29) is 23.9 Å². The average molecular weight is 400 g/mol. The fourth-order valence-corrected chi connectivity index (χ4v) is 2.76. The van der Waals surface area contributed by atoms with Crippen molar-refractivity contribution < 1.29 is 31.4 Å². The van der Waals surface area contributed by atoms with Crippen molar-refractivity contribution in [3.63, 3.8) is 0 Å². The van der Waals surface area contributed by atoms with Crippen LogP contribution in [0.2, 0.25) is 0 Å². The highest BCUT2D eigenvalue weighted by Gasteiger charge is 2.55. The fourth-order valence-electron chi connectivity index (χ4n) is 2.76. The monoisotopic (exact) mass is 400 g/mol. The highest BCUT2D eigenvalue weighted by Crippen LogP contribution is 2.44. The Morgan fingerprint density at radius 3 is 2.46 bits per heavy atom. The topological polar surface area (TPSA) is 56.8 Å². The first kappa shape index (κ1) is 19.9. The number of hydrogen-bond acceptors (Lipinski definition) is 4. The molecule has 28 heavy (non-hydrogen) atoms. The molecule has 1 unspecified atom stereocenters. The summed E-state index contributed by atoms with van der Waals surface area (Å²) in [6.45, 7) is 0.329. The van der Waals surface area contributed by atoms with Gasteiger partial charge in [0.2, 0.25) is 0 Å². The number of nitrogens with zero attached hydrogens (tertiary/aromatic N) is 1. The zero-order valence-electron chi connectivity index (χ0n) is 14.8. The second-order valence-electron chi connectivity index (χ2n) is 6.53. The zero-order chi connectivity index (χ0) is 20.6. The highest BCUT2D eigenvalue weighted by molar-refractivity contribution is 5.73. The average Bonchev–Trinajstić information content (AvgIpc) is 2.63. The molecule has 0 saturated heterocycles. The van der Waals surface area contributed by atoms with Gasteiger partial charge in [0.1, 0.15) is 12.4 Å². The third-order valence-electron chi connectivity index (χ3n) is 4.53. The summed E-state index contributed by atoms with van der Waals surface area (Å²) in [6, 6.07) is 10.1. The predicted octanol–water partition coefficient (Wildman–Crippen LogP) is 4.48. The van der Waals surface area contributed by atoms with Crippen molar-refractivity contribution in [1.82, 2.24) is 0 Å². The van der Waals surface area contributed by atoms with Crippen LogP contribution < -0.4 is 10.5 Å². The minimum atomic E-state index is -4.42. The van der Waals surface area contributed by atoms with Crippen LogP contribution in [0.3, 0.4) is 0 Å². The van der Waals surface area contributed by atoms with E-state index in [1.165, 1.54) is 37.3 Å². The normalized spacial score (nSPS) is 21.6. The number of rotatable bonds is 4. The molecule has 0 aromatic heterocycles. The van der Waals surface area contributed by atoms with Crippen molar-refractivity contribution in [1.29, 1.82) is 0 Å². The van der Waals surface area contributed by atoms with E-state index < -0.39 is 29.8 Å². The number of alkyl halides is 5. The summed E-state index contributed by atoms with van der Waals surface area (Å²) >= 11 is 0. The van der Waals surface area contributed by atoms with E-state index in [2.05, 4.69) is 9.73 Å². The van der Waals surface area contributed by atoms with E-state index in [0.29, 0.717) is 5.56 Å².